The predicted octanol–water partition coefficient (Wildman–Crippen LogP) is 3.26. The third-order valence-corrected chi connectivity index (χ3v) is 4.44. The van der Waals surface area contributed by atoms with Crippen molar-refractivity contribution in [2.75, 3.05) is 34.3 Å². The van der Waals surface area contributed by atoms with Crippen molar-refractivity contribution in [1.29, 1.82) is 0 Å². The van der Waals surface area contributed by atoms with E-state index in [2.05, 4.69) is 60.8 Å². The van der Waals surface area contributed by atoms with Crippen LogP contribution < -0.4 is 10.1 Å². The second-order valence-electron chi connectivity index (χ2n) is 6.87. The van der Waals surface area contributed by atoms with Crippen LogP contribution in [0.4, 0.5) is 0 Å². The summed E-state index contributed by atoms with van der Waals surface area (Å²) in [4.78, 5) is 2.17. The monoisotopic (exact) mass is 364 g/mol. The second-order valence-corrected chi connectivity index (χ2v) is 6.87. The lowest BCUT2D eigenvalue weighted by Gasteiger charge is -2.11. The standard InChI is InChI=1S/C22H28N4O/c1-25(2)14-13-23-15-19-17-26(16-18-9-5-4-6-10-18)24-22(19)20-11-7-8-12-21(20)27-3/h4-12,17,23H,13-16H2,1-3H3. The van der Waals surface area contributed by atoms with E-state index in [1.807, 2.05) is 28.9 Å². The zero-order chi connectivity index (χ0) is 19.1. The highest BCUT2D eigenvalue weighted by Gasteiger charge is 2.15. The molecule has 0 radical (unpaired) electrons. The third-order valence-electron chi connectivity index (χ3n) is 4.44. The van der Waals surface area contributed by atoms with E-state index in [4.69, 9.17) is 9.84 Å². The molecule has 142 valence electrons. The van der Waals surface area contributed by atoms with Crippen molar-refractivity contribution in [2.24, 2.45) is 0 Å². The Morgan fingerprint density at radius 3 is 2.52 bits per heavy atom. The number of ether oxygens (including phenoxy) is 1. The molecule has 0 fully saturated rings. The molecule has 1 heterocycles. The molecule has 1 aromatic heterocycles. The molecule has 0 atom stereocenters. The number of aromatic nitrogens is 2. The predicted molar refractivity (Wildman–Crippen MR) is 110 cm³/mol. The van der Waals surface area contributed by atoms with Gasteiger partial charge in [0.25, 0.3) is 0 Å². The van der Waals surface area contributed by atoms with Crippen LogP contribution in [0.25, 0.3) is 11.3 Å². The smallest absolute Gasteiger partial charge is 0.128 e. The molecule has 5 nitrogen and oxygen atoms in total. The van der Waals surface area contributed by atoms with Crippen LogP contribution in [-0.2, 0) is 13.1 Å². The average molecular weight is 364 g/mol. The number of nitrogens with one attached hydrogen (secondary N) is 1. The summed E-state index contributed by atoms with van der Waals surface area (Å²) in [6.45, 7) is 3.46. The first-order valence-electron chi connectivity index (χ1n) is 9.26. The Balaban J connectivity index is 1.86. The molecule has 0 aliphatic rings. The van der Waals surface area contributed by atoms with Gasteiger partial charge in [-0.25, -0.2) is 0 Å². The minimum Gasteiger partial charge on any atom is -0.496 e. The number of methoxy groups -OCH3 is 1. The third kappa shape index (κ3) is 5.18. The molecule has 0 amide bonds. The number of benzene rings is 2. The molecule has 0 saturated carbocycles. The van der Waals surface area contributed by atoms with E-state index >= 15 is 0 Å². The fourth-order valence-electron chi connectivity index (χ4n) is 3.04. The van der Waals surface area contributed by atoms with E-state index in [1.54, 1.807) is 7.11 Å². The Bertz CT molecular complexity index is 843. The summed E-state index contributed by atoms with van der Waals surface area (Å²) < 4.78 is 7.58. The SMILES string of the molecule is COc1ccccc1-c1nn(Cc2ccccc2)cc1CNCCN(C)C. The first kappa shape index (κ1) is 19.1. The van der Waals surface area contributed by atoms with Gasteiger partial charge < -0.3 is 15.0 Å². The van der Waals surface area contributed by atoms with Gasteiger partial charge in [-0.05, 0) is 31.8 Å². The van der Waals surface area contributed by atoms with Gasteiger partial charge in [-0.3, -0.25) is 4.68 Å². The van der Waals surface area contributed by atoms with E-state index in [0.717, 1.165) is 43.2 Å². The Kier molecular flexibility index (Phi) is 6.63. The number of likely N-dealkylation sites (N-methyl/N-ethyl adjacent to an activating group) is 1. The zero-order valence-electron chi connectivity index (χ0n) is 16.4. The van der Waals surface area contributed by atoms with Gasteiger partial charge in [0.2, 0.25) is 0 Å². The van der Waals surface area contributed by atoms with E-state index in [-0.39, 0.29) is 0 Å². The summed E-state index contributed by atoms with van der Waals surface area (Å²) in [5.74, 6) is 0.844. The number of hydrogen-bond donors (Lipinski definition) is 1. The molecule has 0 spiro atoms. The highest BCUT2D eigenvalue weighted by molar-refractivity contribution is 5.69. The lowest BCUT2D eigenvalue weighted by atomic mass is 10.1. The fourth-order valence-corrected chi connectivity index (χ4v) is 3.04. The summed E-state index contributed by atoms with van der Waals surface area (Å²) in [7, 11) is 5.87. The van der Waals surface area contributed by atoms with Crippen molar-refractivity contribution in [1.82, 2.24) is 20.0 Å². The maximum atomic E-state index is 5.56. The zero-order valence-corrected chi connectivity index (χ0v) is 16.4. The number of hydrogen-bond acceptors (Lipinski definition) is 4. The molecule has 0 bridgehead atoms. The molecule has 0 unspecified atom stereocenters. The van der Waals surface area contributed by atoms with Gasteiger partial charge >= 0.3 is 0 Å². The second kappa shape index (κ2) is 9.35. The van der Waals surface area contributed by atoms with Crippen molar-refractivity contribution in [2.45, 2.75) is 13.1 Å². The summed E-state index contributed by atoms with van der Waals surface area (Å²) in [6, 6.07) is 18.5. The van der Waals surface area contributed by atoms with Crippen LogP contribution in [0.5, 0.6) is 5.75 Å². The van der Waals surface area contributed by atoms with Gasteiger partial charge in [0.15, 0.2) is 0 Å². The summed E-state index contributed by atoms with van der Waals surface area (Å²) in [6.07, 6.45) is 2.14. The van der Waals surface area contributed by atoms with E-state index in [1.165, 1.54) is 11.1 Å². The van der Waals surface area contributed by atoms with Gasteiger partial charge in [0.05, 0.1) is 13.7 Å². The number of para-hydroxylation sites is 1. The molecular formula is C22H28N4O. The highest BCUT2D eigenvalue weighted by atomic mass is 16.5. The van der Waals surface area contributed by atoms with Gasteiger partial charge in [-0.15, -0.1) is 0 Å². The fraction of sp³-hybridized carbons (Fsp3) is 0.318. The van der Waals surface area contributed by atoms with Crippen LogP contribution >= 0.6 is 0 Å². The van der Waals surface area contributed by atoms with Crippen LogP contribution in [0.3, 0.4) is 0 Å². The topological polar surface area (TPSA) is 42.3 Å². The van der Waals surface area contributed by atoms with Gasteiger partial charge in [-0.1, -0.05) is 42.5 Å². The van der Waals surface area contributed by atoms with Crippen LogP contribution in [-0.4, -0.2) is 49.0 Å². The first-order chi connectivity index (χ1) is 13.2. The van der Waals surface area contributed by atoms with Gasteiger partial charge in [-0.2, -0.15) is 5.10 Å². The molecule has 0 aliphatic heterocycles. The Morgan fingerprint density at radius 2 is 1.78 bits per heavy atom. The Morgan fingerprint density at radius 1 is 1.04 bits per heavy atom. The molecule has 2 aromatic carbocycles. The van der Waals surface area contributed by atoms with E-state index in [9.17, 15) is 0 Å². The van der Waals surface area contributed by atoms with E-state index in [0.29, 0.717) is 0 Å². The Hall–Kier alpha value is -2.63. The van der Waals surface area contributed by atoms with Crippen molar-refractivity contribution in [3.05, 3.63) is 71.9 Å². The largest absolute Gasteiger partial charge is 0.496 e. The van der Waals surface area contributed by atoms with Crippen molar-refractivity contribution >= 4 is 0 Å². The van der Waals surface area contributed by atoms with Gasteiger partial charge in [0.1, 0.15) is 11.4 Å². The normalized spacial score (nSPS) is 11.1. The van der Waals surface area contributed by atoms with Crippen molar-refractivity contribution < 1.29 is 4.74 Å². The van der Waals surface area contributed by atoms with Crippen molar-refractivity contribution in [3.8, 4) is 17.0 Å². The van der Waals surface area contributed by atoms with Gasteiger partial charge in [0, 0.05) is 37.0 Å². The molecule has 3 aromatic rings. The quantitative estimate of drug-likeness (QED) is 0.592. The molecule has 5 heteroatoms. The van der Waals surface area contributed by atoms with Crippen LogP contribution in [0, 0.1) is 0 Å². The lowest BCUT2D eigenvalue weighted by Crippen LogP contribution is -2.26. The summed E-state index contributed by atoms with van der Waals surface area (Å²) >= 11 is 0. The molecule has 27 heavy (non-hydrogen) atoms. The lowest BCUT2D eigenvalue weighted by molar-refractivity contribution is 0.400. The average Bonchev–Trinajstić information content (AvgIpc) is 3.08. The van der Waals surface area contributed by atoms with Crippen LogP contribution in [0.1, 0.15) is 11.1 Å². The molecule has 0 aliphatic carbocycles. The minimum absolute atomic E-state index is 0.751. The minimum atomic E-state index is 0.751. The first-order valence-corrected chi connectivity index (χ1v) is 9.26. The number of rotatable bonds is 9. The molecular weight excluding hydrogens is 336 g/mol. The molecule has 0 saturated heterocycles. The molecule has 1 N–H and O–H groups in total. The van der Waals surface area contributed by atoms with E-state index < -0.39 is 0 Å². The maximum absolute atomic E-state index is 5.56. The van der Waals surface area contributed by atoms with Crippen molar-refractivity contribution in [3.63, 3.8) is 0 Å². The number of nitrogens with zero attached hydrogens (tertiary/aromatic N) is 3. The van der Waals surface area contributed by atoms with Crippen LogP contribution in [0.2, 0.25) is 0 Å². The summed E-state index contributed by atoms with van der Waals surface area (Å²) in [5.41, 5.74) is 4.41. The molecule has 3 rings (SSSR count). The summed E-state index contributed by atoms with van der Waals surface area (Å²) in [5, 5.41) is 8.41. The highest BCUT2D eigenvalue weighted by Crippen LogP contribution is 2.31. The van der Waals surface area contributed by atoms with Crippen LogP contribution in [0.15, 0.2) is 60.8 Å². The maximum Gasteiger partial charge on any atom is 0.128 e. The Labute approximate surface area is 161 Å².